The van der Waals surface area contributed by atoms with E-state index < -0.39 is 15.3 Å². The molecule has 3 heterocycles. The lowest BCUT2D eigenvalue weighted by atomic mass is 10.1. The second-order valence-electron chi connectivity index (χ2n) is 9.82. The fourth-order valence-corrected chi connectivity index (χ4v) is 7.50. The average molecular weight is 552 g/mol. The summed E-state index contributed by atoms with van der Waals surface area (Å²) < 4.78 is 29.7. The normalized spacial score (nSPS) is 16.0. The molecule has 10 heteroatoms. The number of amides is 1. The summed E-state index contributed by atoms with van der Waals surface area (Å²) in [6.45, 7) is 7.21. The molecule has 38 heavy (non-hydrogen) atoms. The average Bonchev–Trinajstić information content (AvgIpc) is 3.10. The van der Waals surface area contributed by atoms with Crippen molar-refractivity contribution in [2.24, 2.45) is 0 Å². The first kappa shape index (κ1) is 26.6. The Morgan fingerprint density at radius 1 is 1.00 bits per heavy atom. The number of thioether (sulfide) groups is 1. The molecule has 1 amide bonds. The van der Waals surface area contributed by atoms with E-state index >= 15 is 0 Å². The standard InChI is InChI=1S/C28H33N5O3S2/c1-4-24(37-28-31-30-25-18-20(3)23-11-9-10-19(2)26(23)33(25)28)27(34)29-21-12-14-22(15-13-21)38(35,36)32-16-7-5-6-8-17-32/h9-15,18,24H,4-8,16-17H2,1-3H3,(H,29,34). The summed E-state index contributed by atoms with van der Waals surface area (Å²) in [6, 6.07) is 14.7. The van der Waals surface area contributed by atoms with Crippen molar-refractivity contribution in [3.63, 3.8) is 0 Å². The number of aromatic nitrogens is 3. The lowest BCUT2D eigenvalue weighted by Crippen LogP contribution is -2.31. The third-order valence-electron chi connectivity index (χ3n) is 7.13. The van der Waals surface area contributed by atoms with E-state index in [0.29, 0.717) is 30.4 Å². The van der Waals surface area contributed by atoms with Crippen molar-refractivity contribution in [1.82, 2.24) is 18.9 Å². The molecular formula is C28H33N5O3S2. The summed E-state index contributed by atoms with van der Waals surface area (Å²) in [6.07, 6.45) is 4.50. The summed E-state index contributed by atoms with van der Waals surface area (Å²) in [5, 5.41) is 13.1. The monoisotopic (exact) mass is 551 g/mol. The van der Waals surface area contributed by atoms with Gasteiger partial charge in [0.05, 0.1) is 15.7 Å². The molecule has 1 aliphatic heterocycles. The van der Waals surface area contributed by atoms with Gasteiger partial charge in [0.15, 0.2) is 10.8 Å². The third-order valence-corrected chi connectivity index (χ3v) is 10.3. The van der Waals surface area contributed by atoms with Gasteiger partial charge in [-0.05, 0) is 74.6 Å². The number of hydrogen-bond donors (Lipinski definition) is 1. The number of carbonyl (C=O) groups is 1. The molecule has 5 rings (SSSR count). The summed E-state index contributed by atoms with van der Waals surface area (Å²) in [5.74, 6) is -0.162. The van der Waals surface area contributed by atoms with Gasteiger partial charge in [-0.3, -0.25) is 9.20 Å². The van der Waals surface area contributed by atoms with E-state index in [1.54, 1.807) is 28.6 Å². The number of sulfonamides is 1. The van der Waals surface area contributed by atoms with Crippen LogP contribution >= 0.6 is 11.8 Å². The first-order valence-electron chi connectivity index (χ1n) is 13.1. The Labute approximate surface area is 227 Å². The molecule has 1 fully saturated rings. The predicted molar refractivity (Wildman–Crippen MR) is 152 cm³/mol. The summed E-state index contributed by atoms with van der Waals surface area (Å²) in [7, 11) is -3.53. The van der Waals surface area contributed by atoms with Crippen LogP contribution in [0.2, 0.25) is 0 Å². The molecule has 8 nitrogen and oxygen atoms in total. The van der Waals surface area contributed by atoms with Gasteiger partial charge in [0.25, 0.3) is 0 Å². The van der Waals surface area contributed by atoms with Crippen LogP contribution in [0.15, 0.2) is 58.6 Å². The molecule has 1 aliphatic rings. The van der Waals surface area contributed by atoms with Gasteiger partial charge in [-0.1, -0.05) is 49.7 Å². The number of aryl methyl sites for hydroxylation is 2. The highest BCUT2D eigenvalue weighted by Gasteiger charge is 2.26. The van der Waals surface area contributed by atoms with Gasteiger partial charge in [-0.25, -0.2) is 8.42 Å². The Morgan fingerprint density at radius 3 is 2.39 bits per heavy atom. The number of nitrogens with zero attached hydrogens (tertiary/aromatic N) is 4. The number of benzene rings is 2. The Kier molecular flexibility index (Phi) is 7.74. The Balaban J connectivity index is 1.34. The highest BCUT2D eigenvalue weighted by atomic mass is 32.2. The predicted octanol–water partition coefficient (Wildman–Crippen LogP) is 5.57. The molecular weight excluding hydrogens is 518 g/mol. The Bertz CT molecular complexity index is 1570. The van der Waals surface area contributed by atoms with Crippen LogP contribution in [0.25, 0.3) is 16.6 Å². The van der Waals surface area contributed by atoms with Crippen LogP contribution in [0.1, 0.15) is 50.2 Å². The topological polar surface area (TPSA) is 96.7 Å². The minimum atomic E-state index is -3.53. The van der Waals surface area contributed by atoms with Crippen molar-refractivity contribution in [3.05, 3.63) is 59.7 Å². The summed E-state index contributed by atoms with van der Waals surface area (Å²) >= 11 is 1.38. The largest absolute Gasteiger partial charge is 0.325 e. The van der Waals surface area contributed by atoms with Crippen molar-refractivity contribution >= 4 is 49.9 Å². The van der Waals surface area contributed by atoms with Crippen molar-refractivity contribution in [1.29, 1.82) is 0 Å². The van der Waals surface area contributed by atoms with Crippen molar-refractivity contribution in [3.8, 4) is 0 Å². The smallest absolute Gasteiger partial charge is 0.243 e. The van der Waals surface area contributed by atoms with Crippen LogP contribution in [0.5, 0.6) is 0 Å². The maximum absolute atomic E-state index is 13.2. The van der Waals surface area contributed by atoms with E-state index in [-0.39, 0.29) is 10.8 Å². The zero-order valence-electron chi connectivity index (χ0n) is 22.0. The molecule has 0 spiro atoms. The molecule has 1 saturated heterocycles. The van der Waals surface area contributed by atoms with Gasteiger partial charge in [0.2, 0.25) is 15.9 Å². The second kappa shape index (κ2) is 11.0. The molecule has 0 aliphatic carbocycles. The minimum absolute atomic E-state index is 0.162. The van der Waals surface area contributed by atoms with Crippen molar-refractivity contribution in [2.45, 2.75) is 68.2 Å². The molecule has 0 bridgehead atoms. The lowest BCUT2D eigenvalue weighted by Gasteiger charge is -2.20. The van der Waals surface area contributed by atoms with Crippen LogP contribution in [0.3, 0.4) is 0 Å². The SMILES string of the molecule is CCC(Sc1nnc2cc(C)c3cccc(C)c3n12)C(=O)Nc1ccc(S(=O)(=O)N2CCCCCC2)cc1. The minimum Gasteiger partial charge on any atom is -0.325 e. The Hall–Kier alpha value is -2.95. The number of rotatable bonds is 7. The number of para-hydroxylation sites is 1. The van der Waals surface area contributed by atoms with E-state index in [4.69, 9.17) is 0 Å². The number of hydrogen-bond acceptors (Lipinski definition) is 6. The number of pyridine rings is 1. The van der Waals surface area contributed by atoms with Gasteiger partial charge in [-0.2, -0.15) is 4.31 Å². The number of anilines is 1. The number of nitrogens with one attached hydrogen (secondary N) is 1. The van der Waals surface area contributed by atoms with E-state index in [2.05, 4.69) is 41.5 Å². The van der Waals surface area contributed by atoms with E-state index in [0.717, 1.165) is 53.4 Å². The summed E-state index contributed by atoms with van der Waals surface area (Å²) in [5.41, 5.74) is 4.61. The molecule has 200 valence electrons. The second-order valence-corrected chi connectivity index (χ2v) is 12.9. The molecule has 4 aromatic rings. The molecule has 2 aromatic heterocycles. The maximum atomic E-state index is 13.2. The lowest BCUT2D eigenvalue weighted by molar-refractivity contribution is -0.115. The molecule has 1 N–H and O–H groups in total. The molecule has 1 atom stereocenters. The van der Waals surface area contributed by atoms with Gasteiger partial charge in [-0.15, -0.1) is 10.2 Å². The molecule has 0 saturated carbocycles. The molecule has 2 aromatic carbocycles. The first-order chi connectivity index (χ1) is 18.3. The van der Waals surface area contributed by atoms with Gasteiger partial charge < -0.3 is 5.32 Å². The zero-order valence-corrected chi connectivity index (χ0v) is 23.6. The van der Waals surface area contributed by atoms with Crippen LogP contribution in [0, 0.1) is 13.8 Å². The quantitative estimate of drug-likeness (QED) is 0.302. The fourth-order valence-electron chi connectivity index (χ4n) is 5.02. The zero-order chi connectivity index (χ0) is 26.9. The van der Waals surface area contributed by atoms with Crippen LogP contribution in [-0.4, -0.2) is 51.6 Å². The van der Waals surface area contributed by atoms with Gasteiger partial charge >= 0.3 is 0 Å². The fraction of sp³-hybridized carbons (Fsp3) is 0.393. The van der Waals surface area contributed by atoms with Crippen molar-refractivity contribution in [2.75, 3.05) is 18.4 Å². The highest BCUT2D eigenvalue weighted by molar-refractivity contribution is 8.00. The summed E-state index contributed by atoms with van der Waals surface area (Å²) in [4.78, 5) is 13.5. The Morgan fingerprint density at radius 2 is 1.71 bits per heavy atom. The molecule has 1 unspecified atom stereocenters. The number of carbonyl (C=O) groups excluding carboxylic acids is 1. The molecule has 0 radical (unpaired) electrons. The van der Waals surface area contributed by atoms with Crippen LogP contribution < -0.4 is 5.32 Å². The van der Waals surface area contributed by atoms with Gasteiger partial charge in [0, 0.05) is 24.2 Å². The van der Waals surface area contributed by atoms with Crippen molar-refractivity contribution < 1.29 is 13.2 Å². The number of fused-ring (bicyclic) bond motifs is 3. The highest BCUT2D eigenvalue weighted by Crippen LogP contribution is 2.31. The van der Waals surface area contributed by atoms with Crippen LogP contribution in [-0.2, 0) is 14.8 Å². The van der Waals surface area contributed by atoms with E-state index in [1.807, 2.05) is 23.5 Å². The third kappa shape index (κ3) is 5.17. The van der Waals surface area contributed by atoms with Crippen LogP contribution in [0.4, 0.5) is 5.69 Å². The first-order valence-corrected chi connectivity index (χ1v) is 15.4. The maximum Gasteiger partial charge on any atom is 0.243 e. The van der Waals surface area contributed by atoms with E-state index in [1.165, 1.54) is 11.8 Å². The van der Waals surface area contributed by atoms with E-state index in [9.17, 15) is 13.2 Å². The van der Waals surface area contributed by atoms with Gasteiger partial charge in [0.1, 0.15) is 0 Å².